The number of aryl methyl sites for hydroxylation is 2. The monoisotopic (exact) mass is 482 g/mol. The molecule has 1 aliphatic rings. The molecule has 1 amide bonds. The second-order valence-corrected chi connectivity index (χ2v) is 9.85. The van der Waals surface area contributed by atoms with Crippen molar-refractivity contribution in [2.45, 2.75) is 39.5 Å². The van der Waals surface area contributed by atoms with E-state index >= 15 is 0 Å². The first-order chi connectivity index (χ1) is 17.0. The number of nitrogens with one attached hydrogen (secondary N) is 1. The molecule has 0 fully saturated rings. The third-order valence-electron chi connectivity index (χ3n) is 6.62. The third kappa shape index (κ3) is 4.11. The number of hydrogen-bond donors (Lipinski definition) is 1. The van der Waals surface area contributed by atoms with Crippen LogP contribution >= 0.6 is 11.3 Å². The van der Waals surface area contributed by atoms with Gasteiger partial charge < -0.3 is 9.30 Å². The van der Waals surface area contributed by atoms with Gasteiger partial charge in [-0.1, -0.05) is 24.3 Å². The van der Waals surface area contributed by atoms with Crippen molar-refractivity contribution in [1.29, 1.82) is 5.26 Å². The predicted molar refractivity (Wildman–Crippen MR) is 140 cm³/mol. The maximum absolute atomic E-state index is 12.9. The van der Waals surface area contributed by atoms with Crippen LogP contribution in [-0.4, -0.2) is 23.8 Å². The molecule has 0 spiro atoms. The first kappa shape index (κ1) is 22.9. The van der Waals surface area contributed by atoms with E-state index in [0.717, 1.165) is 57.6 Å². The first-order valence-electron chi connectivity index (χ1n) is 11.7. The molecule has 2 aromatic heterocycles. The number of nitrogens with zero attached hydrogens (tertiary/aromatic N) is 3. The van der Waals surface area contributed by atoms with Crippen molar-refractivity contribution in [1.82, 2.24) is 9.99 Å². The fraction of sp³-hybridized carbons (Fsp3) is 0.250. The number of benzene rings is 2. The van der Waals surface area contributed by atoms with Gasteiger partial charge in [0.05, 0.1) is 24.5 Å². The van der Waals surface area contributed by atoms with E-state index in [2.05, 4.69) is 21.2 Å². The van der Waals surface area contributed by atoms with Crippen molar-refractivity contribution in [3.05, 3.63) is 81.0 Å². The lowest BCUT2D eigenvalue weighted by Crippen LogP contribution is -2.18. The molecule has 0 aliphatic heterocycles. The number of carbonyl (C=O) groups is 1. The second kappa shape index (κ2) is 9.40. The zero-order valence-corrected chi connectivity index (χ0v) is 20.8. The molecule has 2 aromatic carbocycles. The number of aromatic nitrogens is 1. The van der Waals surface area contributed by atoms with E-state index in [4.69, 9.17) is 4.74 Å². The second-order valence-electron chi connectivity index (χ2n) is 8.76. The summed E-state index contributed by atoms with van der Waals surface area (Å²) in [6, 6.07) is 16.0. The molecular formula is C28H26N4O2S. The average molecular weight is 483 g/mol. The molecule has 2 heterocycles. The Morgan fingerprint density at radius 2 is 1.91 bits per heavy atom. The number of amides is 1. The molecule has 1 aliphatic carbocycles. The molecule has 0 radical (unpaired) electrons. The average Bonchev–Trinajstić information content (AvgIpc) is 3.38. The highest BCUT2D eigenvalue weighted by atomic mass is 32.1. The van der Waals surface area contributed by atoms with Gasteiger partial charge in [-0.25, -0.2) is 5.43 Å². The Balaban J connectivity index is 1.41. The van der Waals surface area contributed by atoms with Crippen molar-refractivity contribution >= 4 is 34.2 Å². The summed E-state index contributed by atoms with van der Waals surface area (Å²) >= 11 is 1.72. The van der Waals surface area contributed by atoms with E-state index in [-0.39, 0.29) is 5.91 Å². The van der Waals surface area contributed by atoms with Crippen LogP contribution in [0.3, 0.4) is 0 Å². The number of fused-ring (bicyclic) bond motifs is 2. The van der Waals surface area contributed by atoms with Crippen LogP contribution in [0.4, 0.5) is 0 Å². The molecule has 5 rings (SSSR count). The number of hydrogen-bond acceptors (Lipinski definition) is 5. The molecule has 0 bridgehead atoms. The zero-order valence-electron chi connectivity index (χ0n) is 20.0. The van der Waals surface area contributed by atoms with Crippen LogP contribution in [0.15, 0.2) is 47.6 Å². The maximum Gasteiger partial charge on any atom is 0.275 e. The molecule has 6 nitrogen and oxygen atoms in total. The summed E-state index contributed by atoms with van der Waals surface area (Å²) in [5.41, 5.74) is 7.99. The number of methoxy groups -OCH3 is 1. The maximum atomic E-state index is 12.9. The minimum atomic E-state index is -0.338. The molecular weight excluding hydrogens is 456 g/mol. The normalized spacial score (nSPS) is 13.1. The smallest absolute Gasteiger partial charge is 0.275 e. The van der Waals surface area contributed by atoms with Gasteiger partial charge in [0.25, 0.3) is 5.91 Å². The lowest BCUT2D eigenvalue weighted by molar-refractivity contribution is 0.0952. The Bertz CT molecular complexity index is 1520. The van der Waals surface area contributed by atoms with Crippen LogP contribution in [-0.2, 0) is 12.8 Å². The Morgan fingerprint density at radius 1 is 1.17 bits per heavy atom. The van der Waals surface area contributed by atoms with Gasteiger partial charge in [-0.3, -0.25) is 4.79 Å². The minimum Gasteiger partial charge on any atom is -0.496 e. The van der Waals surface area contributed by atoms with Crippen molar-refractivity contribution in [3.8, 4) is 16.8 Å². The first-order valence-corrected chi connectivity index (χ1v) is 12.5. The van der Waals surface area contributed by atoms with E-state index in [0.29, 0.717) is 11.3 Å². The van der Waals surface area contributed by atoms with Gasteiger partial charge in [0.1, 0.15) is 16.8 Å². The molecule has 176 valence electrons. The van der Waals surface area contributed by atoms with Crippen molar-refractivity contribution in [2.75, 3.05) is 7.11 Å². The third-order valence-corrected chi connectivity index (χ3v) is 7.90. The topological polar surface area (TPSA) is 79.4 Å². The minimum absolute atomic E-state index is 0.338. The highest BCUT2D eigenvalue weighted by Crippen LogP contribution is 2.38. The van der Waals surface area contributed by atoms with Crippen molar-refractivity contribution < 1.29 is 9.53 Å². The van der Waals surface area contributed by atoms with Gasteiger partial charge in [-0.05, 0) is 74.1 Å². The van der Waals surface area contributed by atoms with Crippen molar-refractivity contribution in [2.24, 2.45) is 5.10 Å². The van der Waals surface area contributed by atoms with Crippen LogP contribution < -0.4 is 10.2 Å². The van der Waals surface area contributed by atoms with E-state index in [1.165, 1.54) is 16.9 Å². The van der Waals surface area contributed by atoms with Gasteiger partial charge in [-0.2, -0.15) is 10.4 Å². The Morgan fingerprint density at radius 3 is 2.66 bits per heavy atom. The largest absolute Gasteiger partial charge is 0.496 e. The van der Waals surface area contributed by atoms with E-state index in [1.54, 1.807) is 24.7 Å². The number of nitriles is 1. The summed E-state index contributed by atoms with van der Waals surface area (Å²) in [4.78, 5) is 14.2. The quantitative estimate of drug-likeness (QED) is 0.287. The van der Waals surface area contributed by atoms with Crippen molar-refractivity contribution in [3.63, 3.8) is 0 Å². The lowest BCUT2D eigenvalue weighted by atomic mass is 9.96. The van der Waals surface area contributed by atoms with Gasteiger partial charge in [0.15, 0.2) is 0 Å². The molecule has 0 atom stereocenters. The van der Waals surface area contributed by atoms with Crippen LogP contribution in [0.2, 0.25) is 0 Å². The van der Waals surface area contributed by atoms with Crippen LogP contribution in [0.25, 0.3) is 15.8 Å². The summed E-state index contributed by atoms with van der Waals surface area (Å²) in [6.45, 7) is 4.05. The summed E-state index contributed by atoms with van der Waals surface area (Å²) < 4.78 is 7.58. The number of thiophene rings is 1. The molecule has 7 heteroatoms. The molecule has 35 heavy (non-hydrogen) atoms. The van der Waals surface area contributed by atoms with Crippen LogP contribution in [0, 0.1) is 25.2 Å². The lowest BCUT2D eigenvalue weighted by Gasteiger charge is -2.10. The predicted octanol–water partition coefficient (Wildman–Crippen LogP) is 5.83. The summed E-state index contributed by atoms with van der Waals surface area (Å²) in [5.74, 6) is 0.163. The number of carbonyl (C=O) groups excluding carboxylic acids is 1. The van der Waals surface area contributed by atoms with Crippen LogP contribution in [0.5, 0.6) is 5.75 Å². The summed E-state index contributed by atoms with van der Waals surface area (Å²) in [5, 5.41) is 17.1. The van der Waals surface area contributed by atoms with Gasteiger partial charge in [0.2, 0.25) is 0 Å². The fourth-order valence-corrected chi connectivity index (χ4v) is 6.29. The fourth-order valence-electron chi connectivity index (χ4n) is 4.84. The van der Waals surface area contributed by atoms with E-state index in [9.17, 15) is 10.1 Å². The molecule has 1 N–H and O–H groups in total. The highest BCUT2D eigenvalue weighted by Gasteiger charge is 2.23. The van der Waals surface area contributed by atoms with Crippen LogP contribution in [0.1, 0.15) is 56.2 Å². The van der Waals surface area contributed by atoms with Gasteiger partial charge >= 0.3 is 0 Å². The molecule has 4 aromatic rings. The van der Waals surface area contributed by atoms with Gasteiger partial charge in [0, 0.05) is 21.8 Å². The highest BCUT2D eigenvalue weighted by molar-refractivity contribution is 7.15. The SMILES string of the molecule is COc1cc2ccccc2cc1C(=O)NN=Cc1cc(C)n(-c2sc3c(c2C#N)CCCC3)c1C. The number of rotatable bonds is 5. The van der Waals surface area contributed by atoms with E-state index in [1.807, 2.05) is 56.3 Å². The molecule has 0 saturated heterocycles. The number of hydrazone groups is 1. The Labute approximate surface area is 208 Å². The number of ether oxygens (including phenoxy) is 1. The zero-order chi connectivity index (χ0) is 24.5. The van der Waals surface area contributed by atoms with Gasteiger partial charge in [-0.15, -0.1) is 11.3 Å². The Kier molecular flexibility index (Phi) is 6.14. The Hall–Kier alpha value is -3.89. The van der Waals surface area contributed by atoms with E-state index < -0.39 is 0 Å². The standard InChI is InChI=1S/C28H26N4O2S/c1-17-12-21(18(2)32(17)28-24(15-29)22-10-6-7-11-26(22)35-28)16-30-31-27(33)23-13-19-8-4-5-9-20(19)14-25(23)34-3/h4-5,8-9,12-14,16H,6-7,10-11H2,1-3H3,(H,31,33). The molecule has 0 saturated carbocycles. The molecule has 0 unspecified atom stereocenters. The summed E-state index contributed by atoms with van der Waals surface area (Å²) in [7, 11) is 1.55. The summed E-state index contributed by atoms with van der Waals surface area (Å²) in [6.07, 6.45) is 6.01.